The first-order valence-corrected chi connectivity index (χ1v) is 13.2. The van der Waals surface area contributed by atoms with Crippen molar-refractivity contribution in [3.63, 3.8) is 0 Å². The molecule has 0 aliphatic heterocycles. The zero-order valence-corrected chi connectivity index (χ0v) is 20.9. The maximum Gasteiger partial charge on any atom is 0.335 e. The SMILES string of the molecule is CCOC(=O)C(C(=O)OCC)(C(=O)OCC)[C@@H]1CCCc2cc(S(=O)(=O)c3ccccc3)ccc21. The van der Waals surface area contributed by atoms with E-state index in [0.29, 0.717) is 30.4 Å². The summed E-state index contributed by atoms with van der Waals surface area (Å²) in [7, 11) is -3.78. The van der Waals surface area contributed by atoms with Gasteiger partial charge < -0.3 is 14.2 Å². The molecule has 9 heteroatoms. The van der Waals surface area contributed by atoms with E-state index in [1.165, 1.54) is 18.2 Å². The van der Waals surface area contributed by atoms with Gasteiger partial charge in [0.25, 0.3) is 5.41 Å². The van der Waals surface area contributed by atoms with E-state index in [2.05, 4.69) is 0 Å². The summed E-state index contributed by atoms with van der Waals surface area (Å²) in [4.78, 5) is 40.1. The number of carbonyl (C=O) groups excluding carboxylic acids is 3. The van der Waals surface area contributed by atoms with Crippen molar-refractivity contribution in [1.82, 2.24) is 0 Å². The summed E-state index contributed by atoms with van der Waals surface area (Å²) >= 11 is 0. The zero-order chi connectivity index (χ0) is 25.6. The number of rotatable bonds is 9. The van der Waals surface area contributed by atoms with Crippen molar-refractivity contribution >= 4 is 27.7 Å². The Morgan fingerprint density at radius 1 is 0.829 bits per heavy atom. The standard InChI is InChI=1S/C26H30O8S/c1-4-32-23(27)26(24(28)33-5-2,25(29)34-6-3)22-14-10-11-18-17-20(15-16-21(18)22)35(30,31)19-12-8-7-9-13-19/h7-9,12-13,15-17,22H,4-6,10-11,14H2,1-3H3/t22-/m1/s1. The normalized spacial score (nSPS) is 15.6. The molecule has 2 aromatic rings. The monoisotopic (exact) mass is 502 g/mol. The molecule has 0 fully saturated rings. The Morgan fingerprint density at radius 3 is 1.89 bits per heavy atom. The molecule has 0 unspecified atom stereocenters. The van der Waals surface area contributed by atoms with Crippen molar-refractivity contribution in [3.05, 3.63) is 59.7 Å². The lowest BCUT2D eigenvalue weighted by Gasteiger charge is -2.37. The Hall–Kier alpha value is -3.20. The molecule has 35 heavy (non-hydrogen) atoms. The largest absolute Gasteiger partial charge is 0.465 e. The van der Waals surface area contributed by atoms with Gasteiger partial charge in [0.2, 0.25) is 9.84 Å². The zero-order valence-electron chi connectivity index (χ0n) is 20.1. The Bertz CT molecular complexity index is 1140. The molecule has 0 amide bonds. The van der Waals surface area contributed by atoms with E-state index in [1.54, 1.807) is 51.1 Å². The molecule has 1 aliphatic rings. The molecule has 0 heterocycles. The topological polar surface area (TPSA) is 113 Å². The van der Waals surface area contributed by atoms with Crippen LogP contribution in [0.5, 0.6) is 0 Å². The third kappa shape index (κ3) is 4.82. The third-order valence-electron chi connectivity index (χ3n) is 6.11. The fourth-order valence-corrected chi connectivity index (χ4v) is 5.89. The second kappa shape index (κ2) is 11.0. The van der Waals surface area contributed by atoms with Crippen molar-refractivity contribution in [2.75, 3.05) is 19.8 Å². The van der Waals surface area contributed by atoms with Crippen LogP contribution < -0.4 is 0 Å². The highest BCUT2D eigenvalue weighted by Crippen LogP contribution is 2.47. The lowest BCUT2D eigenvalue weighted by Crippen LogP contribution is -2.54. The molecular formula is C26H30O8S. The van der Waals surface area contributed by atoms with Gasteiger partial charge in [-0.15, -0.1) is 0 Å². The minimum Gasteiger partial charge on any atom is -0.465 e. The Labute approximate surface area is 205 Å². The first-order valence-electron chi connectivity index (χ1n) is 11.7. The summed E-state index contributed by atoms with van der Waals surface area (Å²) in [5, 5.41) is 0. The van der Waals surface area contributed by atoms with Crippen LogP contribution in [-0.4, -0.2) is 46.1 Å². The van der Waals surface area contributed by atoms with Gasteiger partial charge in [-0.2, -0.15) is 0 Å². The van der Waals surface area contributed by atoms with Crippen LogP contribution in [0.1, 0.15) is 50.7 Å². The van der Waals surface area contributed by atoms with E-state index in [4.69, 9.17) is 14.2 Å². The van der Waals surface area contributed by atoms with E-state index >= 15 is 0 Å². The van der Waals surface area contributed by atoms with Crippen LogP contribution in [0.4, 0.5) is 0 Å². The maximum atomic E-state index is 13.3. The molecule has 0 saturated carbocycles. The number of hydrogen-bond acceptors (Lipinski definition) is 8. The molecule has 2 aromatic carbocycles. The van der Waals surface area contributed by atoms with Crippen molar-refractivity contribution in [2.24, 2.45) is 5.41 Å². The molecule has 188 valence electrons. The third-order valence-corrected chi connectivity index (χ3v) is 7.87. The van der Waals surface area contributed by atoms with Crippen LogP contribution in [-0.2, 0) is 44.9 Å². The predicted octanol–water partition coefficient (Wildman–Crippen LogP) is 3.62. The molecule has 1 aliphatic carbocycles. The van der Waals surface area contributed by atoms with Gasteiger partial charge in [-0.3, -0.25) is 14.4 Å². The Morgan fingerprint density at radius 2 is 1.37 bits per heavy atom. The molecular weight excluding hydrogens is 472 g/mol. The smallest absolute Gasteiger partial charge is 0.335 e. The molecule has 8 nitrogen and oxygen atoms in total. The highest BCUT2D eigenvalue weighted by Gasteiger charge is 2.63. The first-order chi connectivity index (χ1) is 16.7. The summed E-state index contributed by atoms with van der Waals surface area (Å²) in [5.41, 5.74) is -1.19. The summed E-state index contributed by atoms with van der Waals surface area (Å²) in [6.45, 7) is 4.59. The van der Waals surface area contributed by atoms with Crippen LogP contribution in [0.25, 0.3) is 0 Å². The van der Waals surface area contributed by atoms with E-state index in [9.17, 15) is 22.8 Å². The number of hydrogen-bond donors (Lipinski definition) is 0. The molecule has 0 radical (unpaired) electrons. The number of ether oxygens (including phenoxy) is 3. The van der Waals surface area contributed by atoms with Gasteiger partial charge >= 0.3 is 17.9 Å². The number of carbonyl (C=O) groups is 3. The fraction of sp³-hybridized carbons (Fsp3) is 0.423. The number of aryl methyl sites for hydroxylation is 1. The number of esters is 3. The highest BCUT2D eigenvalue weighted by atomic mass is 32.2. The lowest BCUT2D eigenvalue weighted by molar-refractivity contribution is -0.186. The number of benzene rings is 2. The van der Waals surface area contributed by atoms with Gasteiger partial charge in [0.05, 0.1) is 29.6 Å². The van der Waals surface area contributed by atoms with Crippen LogP contribution in [0.2, 0.25) is 0 Å². The summed E-state index contributed by atoms with van der Waals surface area (Å²) < 4.78 is 41.9. The van der Waals surface area contributed by atoms with Crippen LogP contribution in [0.15, 0.2) is 58.3 Å². The van der Waals surface area contributed by atoms with E-state index in [0.717, 1.165) is 0 Å². The summed E-state index contributed by atoms with van der Waals surface area (Å²) in [6.07, 6.45) is 1.36. The van der Waals surface area contributed by atoms with Gasteiger partial charge in [0, 0.05) is 5.92 Å². The van der Waals surface area contributed by atoms with E-state index < -0.39 is 39.1 Å². The second-order valence-corrected chi connectivity index (χ2v) is 10.0. The average Bonchev–Trinajstić information content (AvgIpc) is 2.85. The Balaban J connectivity index is 2.18. The van der Waals surface area contributed by atoms with Gasteiger partial charge in [0.15, 0.2) is 0 Å². The van der Waals surface area contributed by atoms with Crippen LogP contribution in [0, 0.1) is 5.41 Å². The maximum absolute atomic E-state index is 13.3. The highest BCUT2D eigenvalue weighted by molar-refractivity contribution is 7.91. The minimum atomic E-state index is -3.78. The minimum absolute atomic E-state index is 0.0484. The molecule has 0 bridgehead atoms. The van der Waals surface area contributed by atoms with E-state index in [1.807, 2.05) is 0 Å². The molecule has 0 N–H and O–H groups in total. The molecule has 3 rings (SSSR count). The van der Waals surface area contributed by atoms with Crippen molar-refractivity contribution < 1.29 is 37.0 Å². The number of fused-ring (bicyclic) bond motifs is 1. The van der Waals surface area contributed by atoms with Gasteiger partial charge in [-0.05, 0) is 75.4 Å². The van der Waals surface area contributed by atoms with Crippen LogP contribution >= 0.6 is 0 Å². The molecule has 1 atom stereocenters. The average molecular weight is 503 g/mol. The van der Waals surface area contributed by atoms with Crippen molar-refractivity contribution in [1.29, 1.82) is 0 Å². The molecule has 0 saturated heterocycles. The van der Waals surface area contributed by atoms with Crippen molar-refractivity contribution in [2.45, 2.75) is 55.7 Å². The lowest BCUT2D eigenvalue weighted by atomic mass is 9.66. The molecule has 0 spiro atoms. The van der Waals surface area contributed by atoms with Crippen molar-refractivity contribution in [3.8, 4) is 0 Å². The van der Waals surface area contributed by atoms with Gasteiger partial charge in [-0.1, -0.05) is 24.3 Å². The Kier molecular flexibility index (Phi) is 8.32. The first kappa shape index (κ1) is 26.4. The van der Waals surface area contributed by atoms with Crippen LogP contribution in [0.3, 0.4) is 0 Å². The fourth-order valence-electron chi connectivity index (χ4n) is 4.55. The second-order valence-electron chi connectivity index (χ2n) is 8.09. The quantitative estimate of drug-likeness (QED) is 0.290. The molecule has 0 aromatic heterocycles. The predicted molar refractivity (Wildman–Crippen MR) is 126 cm³/mol. The summed E-state index contributed by atoms with van der Waals surface area (Å²) in [5.74, 6) is -4.03. The van der Waals surface area contributed by atoms with Gasteiger partial charge in [0.1, 0.15) is 0 Å². The van der Waals surface area contributed by atoms with Gasteiger partial charge in [-0.25, -0.2) is 8.42 Å². The summed E-state index contributed by atoms with van der Waals surface area (Å²) in [6, 6.07) is 12.6. The van der Waals surface area contributed by atoms with E-state index in [-0.39, 0.29) is 29.6 Å². The number of sulfone groups is 1.